The van der Waals surface area contributed by atoms with E-state index in [4.69, 9.17) is 9.47 Å². The second-order valence-electron chi connectivity index (χ2n) is 5.94. The standard InChI is InChI=1S/C21H20O4/c1-14-10-11-18(24-2)16(12-14)13-20(21(22)23)25-19-9-5-7-15-6-3-4-8-17(15)19/h3-12,20H,13H2,1-2H3,(H,22,23)/t20-/m0/s1. The van der Waals surface area contributed by atoms with Crippen LogP contribution in [0.3, 0.4) is 0 Å². The van der Waals surface area contributed by atoms with Crippen LogP contribution in [0.25, 0.3) is 10.8 Å². The number of methoxy groups -OCH3 is 1. The lowest BCUT2D eigenvalue weighted by atomic mass is 10.0. The molecule has 1 N–H and O–H groups in total. The lowest BCUT2D eigenvalue weighted by molar-refractivity contribution is -0.144. The van der Waals surface area contributed by atoms with Crippen LogP contribution in [0, 0.1) is 6.92 Å². The highest BCUT2D eigenvalue weighted by Gasteiger charge is 2.22. The van der Waals surface area contributed by atoms with Gasteiger partial charge >= 0.3 is 5.97 Å². The monoisotopic (exact) mass is 336 g/mol. The van der Waals surface area contributed by atoms with Gasteiger partial charge in [0.1, 0.15) is 11.5 Å². The van der Waals surface area contributed by atoms with Crippen LogP contribution >= 0.6 is 0 Å². The van der Waals surface area contributed by atoms with Crippen molar-refractivity contribution in [2.45, 2.75) is 19.4 Å². The second kappa shape index (κ2) is 7.26. The third-order valence-electron chi connectivity index (χ3n) is 4.14. The van der Waals surface area contributed by atoms with E-state index in [0.29, 0.717) is 11.5 Å². The summed E-state index contributed by atoms with van der Waals surface area (Å²) >= 11 is 0. The number of ether oxygens (including phenoxy) is 2. The van der Waals surface area contributed by atoms with Crippen molar-refractivity contribution in [3.63, 3.8) is 0 Å². The molecule has 0 aliphatic carbocycles. The number of hydrogen-bond donors (Lipinski definition) is 1. The van der Waals surface area contributed by atoms with Crippen LogP contribution in [0.5, 0.6) is 11.5 Å². The Kier molecular flexibility index (Phi) is 4.89. The highest BCUT2D eigenvalue weighted by atomic mass is 16.5. The van der Waals surface area contributed by atoms with E-state index in [1.807, 2.05) is 61.5 Å². The predicted molar refractivity (Wildman–Crippen MR) is 97.4 cm³/mol. The average molecular weight is 336 g/mol. The van der Waals surface area contributed by atoms with E-state index < -0.39 is 12.1 Å². The summed E-state index contributed by atoms with van der Waals surface area (Å²) in [5.41, 5.74) is 1.86. The van der Waals surface area contributed by atoms with Crippen LogP contribution in [0.15, 0.2) is 60.7 Å². The minimum Gasteiger partial charge on any atom is -0.496 e. The maximum atomic E-state index is 11.8. The minimum atomic E-state index is -1.00. The second-order valence-corrected chi connectivity index (χ2v) is 5.94. The van der Waals surface area contributed by atoms with E-state index in [-0.39, 0.29) is 6.42 Å². The zero-order chi connectivity index (χ0) is 17.8. The largest absolute Gasteiger partial charge is 0.496 e. The molecular weight excluding hydrogens is 316 g/mol. The molecule has 0 aromatic heterocycles. The van der Waals surface area contributed by atoms with Crippen molar-refractivity contribution in [2.75, 3.05) is 7.11 Å². The molecule has 0 saturated carbocycles. The number of aryl methyl sites for hydroxylation is 1. The summed E-state index contributed by atoms with van der Waals surface area (Å²) in [5, 5.41) is 11.5. The first-order valence-corrected chi connectivity index (χ1v) is 8.09. The smallest absolute Gasteiger partial charge is 0.345 e. The molecule has 4 heteroatoms. The van der Waals surface area contributed by atoms with Gasteiger partial charge in [-0.05, 0) is 30.0 Å². The number of benzene rings is 3. The van der Waals surface area contributed by atoms with E-state index in [9.17, 15) is 9.90 Å². The molecule has 0 spiro atoms. The number of fused-ring (bicyclic) bond motifs is 1. The van der Waals surface area contributed by atoms with Crippen molar-refractivity contribution < 1.29 is 19.4 Å². The van der Waals surface area contributed by atoms with Crippen molar-refractivity contribution in [3.05, 3.63) is 71.8 Å². The first-order chi connectivity index (χ1) is 12.1. The number of carbonyl (C=O) groups is 1. The van der Waals surface area contributed by atoms with E-state index in [2.05, 4.69) is 0 Å². The van der Waals surface area contributed by atoms with Gasteiger partial charge < -0.3 is 14.6 Å². The number of carboxylic acid groups (broad SMARTS) is 1. The fourth-order valence-corrected chi connectivity index (χ4v) is 2.90. The molecule has 0 heterocycles. The van der Waals surface area contributed by atoms with Gasteiger partial charge in [0.15, 0.2) is 6.10 Å². The molecule has 3 rings (SSSR count). The fraction of sp³-hybridized carbons (Fsp3) is 0.190. The molecule has 3 aromatic rings. The molecule has 4 nitrogen and oxygen atoms in total. The quantitative estimate of drug-likeness (QED) is 0.732. The molecule has 0 bridgehead atoms. The summed E-state index contributed by atoms with van der Waals surface area (Å²) in [5.74, 6) is 0.229. The number of carboxylic acids is 1. The van der Waals surface area contributed by atoms with E-state index >= 15 is 0 Å². The Morgan fingerprint density at radius 3 is 2.56 bits per heavy atom. The van der Waals surface area contributed by atoms with Crippen LogP contribution in [-0.2, 0) is 11.2 Å². The van der Waals surface area contributed by atoms with Crippen LogP contribution < -0.4 is 9.47 Å². The number of hydrogen-bond acceptors (Lipinski definition) is 3. The van der Waals surface area contributed by atoms with Crippen molar-refractivity contribution in [1.29, 1.82) is 0 Å². The normalized spacial score (nSPS) is 11.9. The molecule has 3 aromatic carbocycles. The zero-order valence-electron chi connectivity index (χ0n) is 14.2. The Balaban J connectivity index is 1.92. The molecule has 128 valence electrons. The van der Waals surface area contributed by atoms with Gasteiger partial charge in [-0.15, -0.1) is 0 Å². The number of aliphatic carboxylic acids is 1. The van der Waals surface area contributed by atoms with Crippen LogP contribution in [0.4, 0.5) is 0 Å². The highest BCUT2D eigenvalue weighted by molar-refractivity contribution is 5.88. The lowest BCUT2D eigenvalue weighted by Gasteiger charge is -2.18. The van der Waals surface area contributed by atoms with Crippen LogP contribution in [0.1, 0.15) is 11.1 Å². The molecule has 25 heavy (non-hydrogen) atoms. The van der Waals surface area contributed by atoms with Gasteiger partial charge in [0.05, 0.1) is 7.11 Å². The summed E-state index contributed by atoms with van der Waals surface area (Å²) in [6, 6.07) is 19.1. The summed E-state index contributed by atoms with van der Waals surface area (Å²) in [6.45, 7) is 1.96. The van der Waals surface area contributed by atoms with Crippen molar-refractivity contribution in [3.8, 4) is 11.5 Å². The lowest BCUT2D eigenvalue weighted by Crippen LogP contribution is -2.29. The average Bonchev–Trinajstić information content (AvgIpc) is 2.61. The van der Waals surface area contributed by atoms with Gasteiger partial charge in [-0.1, -0.05) is 54.1 Å². The summed E-state index contributed by atoms with van der Waals surface area (Å²) in [7, 11) is 1.58. The van der Waals surface area contributed by atoms with Crippen molar-refractivity contribution >= 4 is 16.7 Å². The summed E-state index contributed by atoms with van der Waals surface area (Å²) in [6.07, 6.45) is -0.773. The molecule has 0 radical (unpaired) electrons. The SMILES string of the molecule is COc1ccc(C)cc1C[C@H](Oc1cccc2ccccc12)C(=O)O. The molecule has 0 aliphatic rings. The Labute approximate surface area is 146 Å². The number of rotatable bonds is 6. The Bertz CT molecular complexity index is 896. The third-order valence-corrected chi connectivity index (χ3v) is 4.14. The molecular formula is C21H20O4. The molecule has 0 fully saturated rings. The van der Waals surface area contributed by atoms with Gasteiger partial charge in [0.2, 0.25) is 0 Å². The Morgan fingerprint density at radius 1 is 1.04 bits per heavy atom. The van der Waals surface area contributed by atoms with Crippen LogP contribution in [-0.4, -0.2) is 24.3 Å². The summed E-state index contributed by atoms with van der Waals surface area (Å²) in [4.78, 5) is 11.8. The maximum Gasteiger partial charge on any atom is 0.345 e. The third kappa shape index (κ3) is 3.74. The Morgan fingerprint density at radius 2 is 1.80 bits per heavy atom. The van der Waals surface area contributed by atoms with Gasteiger partial charge in [-0.25, -0.2) is 4.79 Å². The predicted octanol–water partition coefficient (Wildman–Crippen LogP) is 4.23. The van der Waals surface area contributed by atoms with E-state index in [1.54, 1.807) is 13.2 Å². The molecule has 0 unspecified atom stereocenters. The topological polar surface area (TPSA) is 55.8 Å². The molecule has 0 amide bonds. The summed E-state index contributed by atoms with van der Waals surface area (Å²) < 4.78 is 11.2. The van der Waals surface area contributed by atoms with E-state index in [1.165, 1.54) is 0 Å². The van der Waals surface area contributed by atoms with Crippen molar-refractivity contribution in [1.82, 2.24) is 0 Å². The van der Waals surface area contributed by atoms with Gasteiger partial charge in [0.25, 0.3) is 0 Å². The molecule has 1 atom stereocenters. The fourth-order valence-electron chi connectivity index (χ4n) is 2.90. The first kappa shape index (κ1) is 16.8. The van der Waals surface area contributed by atoms with Crippen LogP contribution in [0.2, 0.25) is 0 Å². The van der Waals surface area contributed by atoms with Crippen molar-refractivity contribution in [2.24, 2.45) is 0 Å². The van der Waals surface area contributed by atoms with E-state index in [0.717, 1.165) is 21.9 Å². The van der Waals surface area contributed by atoms with Gasteiger partial charge in [-0.3, -0.25) is 0 Å². The zero-order valence-corrected chi connectivity index (χ0v) is 14.2. The van der Waals surface area contributed by atoms with Gasteiger partial charge in [0, 0.05) is 11.8 Å². The highest BCUT2D eigenvalue weighted by Crippen LogP contribution is 2.28. The molecule has 0 aliphatic heterocycles. The van der Waals surface area contributed by atoms with Gasteiger partial charge in [-0.2, -0.15) is 0 Å². The first-order valence-electron chi connectivity index (χ1n) is 8.09. The minimum absolute atomic E-state index is 0.226. The molecule has 0 saturated heterocycles. The Hall–Kier alpha value is -3.01. The maximum absolute atomic E-state index is 11.8.